The lowest BCUT2D eigenvalue weighted by Gasteiger charge is -2.20. The second kappa shape index (κ2) is 8.94. The monoisotopic (exact) mass is 414 g/mol. The van der Waals surface area contributed by atoms with Crippen molar-refractivity contribution >= 4 is 23.2 Å². The molecule has 1 saturated heterocycles. The van der Waals surface area contributed by atoms with Gasteiger partial charge in [0.1, 0.15) is 5.75 Å². The van der Waals surface area contributed by atoms with Gasteiger partial charge in [-0.25, -0.2) is 0 Å². The third-order valence-electron chi connectivity index (χ3n) is 5.07. The minimum absolute atomic E-state index is 0.108. The molecule has 1 heterocycles. The number of nitrogens with one attached hydrogen (secondary N) is 1. The van der Waals surface area contributed by atoms with Crippen molar-refractivity contribution in [2.24, 2.45) is 5.92 Å². The van der Waals surface area contributed by atoms with Gasteiger partial charge in [0.05, 0.1) is 45.7 Å². The molecule has 0 saturated carbocycles. The molecule has 0 radical (unpaired) electrons. The number of hydrogen-bond acceptors (Lipinski definition) is 6. The van der Waals surface area contributed by atoms with Gasteiger partial charge in [0.25, 0.3) is 0 Å². The van der Waals surface area contributed by atoms with E-state index < -0.39 is 5.92 Å². The molecule has 1 atom stereocenters. The zero-order valence-corrected chi connectivity index (χ0v) is 17.8. The number of aryl methyl sites for hydroxylation is 1. The van der Waals surface area contributed by atoms with E-state index in [-0.39, 0.29) is 24.8 Å². The molecule has 1 N–H and O–H groups in total. The number of amides is 2. The van der Waals surface area contributed by atoms with Crippen LogP contribution in [0.2, 0.25) is 0 Å². The molecule has 2 aromatic carbocycles. The molecule has 8 nitrogen and oxygen atoms in total. The number of methoxy groups -OCH3 is 4. The molecule has 8 heteroatoms. The normalized spacial score (nSPS) is 15.7. The van der Waals surface area contributed by atoms with Gasteiger partial charge in [-0.05, 0) is 24.6 Å². The summed E-state index contributed by atoms with van der Waals surface area (Å²) in [6.45, 7) is 2.18. The molecule has 1 fully saturated rings. The fourth-order valence-corrected chi connectivity index (χ4v) is 3.51. The van der Waals surface area contributed by atoms with Crippen molar-refractivity contribution in [2.75, 3.05) is 45.2 Å². The summed E-state index contributed by atoms with van der Waals surface area (Å²) in [6, 6.07) is 8.93. The maximum atomic E-state index is 12.8. The molecule has 0 aliphatic carbocycles. The van der Waals surface area contributed by atoms with Crippen LogP contribution in [-0.4, -0.2) is 46.8 Å². The van der Waals surface area contributed by atoms with E-state index in [2.05, 4.69) is 5.32 Å². The van der Waals surface area contributed by atoms with Crippen molar-refractivity contribution in [1.82, 2.24) is 0 Å². The van der Waals surface area contributed by atoms with Crippen molar-refractivity contribution < 1.29 is 28.5 Å². The van der Waals surface area contributed by atoms with Gasteiger partial charge < -0.3 is 29.2 Å². The molecule has 2 amide bonds. The summed E-state index contributed by atoms with van der Waals surface area (Å²) < 4.78 is 21.4. The fraction of sp³-hybridized carbons (Fsp3) is 0.364. The molecule has 2 aromatic rings. The number of rotatable bonds is 7. The number of hydrogen-bond donors (Lipinski definition) is 1. The second-order valence-electron chi connectivity index (χ2n) is 6.98. The fourth-order valence-electron chi connectivity index (χ4n) is 3.51. The molecule has 3 rings (SSSR count). The Balaban J connectivity index is 1.81. The molecule has 0 unspecified atom stereocenters. The van der Waals surface area contributed by atoms with Gasteiger partial charge >= 0.3 is 0 Å². The van der Waals surface area contributed by atoms with Gasteiger partial charge in [-0.2, -0.15) is 0 Å². The van der Waals surface area contributed by atoms with E-state index in [4.69, 9.17) is 18.9 Å². The summed E-state index contributed by atoms with van der Waals surface area (Å²) in [7, 11) is 6.09. The second-order valence-corrected chi connectivity index (χ2v) is 6.98. The zero-order valence-electron chi connectivity index (χ0n) is 17.8. The van der Waals surface area contributed by atoms with Crippen molar-refractivity contribution in [2.45, 2.75) is 13.3 Å². The molecule has 1 aliphatic rings. The summed E-state index contributed by atoms with van der Waals surface area (Å²) >= 11 is 0. The van der Waals surface area contributed by atoms with E-state index in [1.54, 1.807) is 30.2 Å². The number of carbonyl (C=O) groups excluding carboxylic acids is 2. The van der Waals surface area contributed by atoms with Crippen LogP contribution in [0.25, 0.3) is 0 Å². The number of ether oxygens (including phenoxy) is 4. The lowest BCUT2D eigenvalue weighted by molar-refractivity contribution is -0.122. The predicted octanol–water partition coefficient (Wildman–Crippen LogP) is 3.02. The SMILES string of the molecule is COc1ccc(C)cc1NC(=O)[C@@H]1CC(=O)N(c2cc(OC)c(OC)c(OC)c2)C1. The van der Waals surface area contributed by atoms with E-state index >= 15 is 0 Å². The van der Waals surface area contributed by atoms with Crippen molar-refractivity contribution in [3.63, 3.8) is 0 Å². The highest BCUT2D eigenvalue weighted by Gasteiger charge is 2.36. The first kappa shape index (κ1) is 21.3. The van der Waals surface area contributed by atoms with Gasteiger partial charge in [0.15, 0.2) is 11.5 Å². The quantitative estimate of drug-likeness (QED) is 0.750. The van der Waals surface area contributed by atoms with Crippen molar-refractivity contribution in [1.29, 1.82) is 0 Å². The molecule has 160 valence electrons. The Morgan fingerprint density at radius 1 is 0.967 bits per heavy atom. The third kappa shape index (κ3) is 4.12. The van der Waals surface area contributed by atoms with Crippen LogP contribution in [0.5, 0.6) is 23.0 Å². The maximum Gasteiger partial charge on any atom is 0.229 e. The Hall–Kier alpha value is -3.42. The molecule has 1 aliphatic heterocycles. The summed E-state index contributed by atoms with van der Waals surface area (Å²) in [6.07, 6.45) is 0.108. The predicted molar refractivity (Wildman–Crippen MR) is 113 cm³/mol. The van der Waals surface area contributed by atoms with Crippen LogP contribution < -0.4 is 29.2 Å². The Morgan fingerprint density at radius 3 is 2.17 bits per heavy atom. The smallest absolute Gasteiger partial charge is 0.229 e. The van der Waals surface area contributed by atoms with E-state index in [0.717, 1.165) is 5.56 Å². The van der Waals surface area contributed by atoms with Crippen molar-refractivity contribution in [3.8, 4) is 23.0 Å². The van der Waals surface area contributed by atoms with Gasteiger partial charge in [0.2, 0.25) is 17.6 Å². The van der Waals surface area contributed by atoms with E-state index in [1.165, 1.54) is 21.3 Å². The minimum Gasteiger partial charge on any atom is -0.495 e. The van der Waals surface area contributed by atoms with Crippen LogP contribution in [0.15, 0.2) is 30.3 Å². The van der Waals surface area contributed by atoms with E-state index in [1.807, 2.05) is 19.1 Å². The minimum atomic E-state index is -0.498. The Morgan fingerprint density at radius 2 is 1.60 bits per heavy atom. The molecule has 0 spiro atoms. The van der Waals surface area contributed by atoms with Gasteiger partial charge in [-0.3, -0.25) is 9.59 Å². The average molecular weight is 414 g/mol. The van der Waals surface area contributed by atoms with E-state index in [9.17, 15) is 9.59 Å². The third-order valence-corrected chi connectivity index (χ3v) is 5.07. The van der Waals surface area contributed by atoms with Gasteiger partial charge in [-0.15, -0.1) is 0 Å². The summed E-state index contributed by atoms with van der Waals surface area (Å²) in [4.78, 5) is 27.1. The topological polar surface area (TPSA) is 86.3 Å². The lowest BCUT2D eigenvalue weighted by atomic mass is 10.1. The zero-order chi connectivity index (χ0) is 21.8. The molecule has 0 aromatic heterocycles. The summed E-state index contributed by atoms with van der Waals surface area (Å²) in [5, 5.41) is 2.89. The largest absolute Gasteiger partial charge is 0.495 e. The first-order chi connectivity index (χ1) is 14.4. The molecule has 30 heavy (non-hydrogen) atoms. The summed E-state index contributed by atoms with van der Waals surface area (Å²) in [5.74, 6) is 1.01. The Kier molecular flexibility index (Phi) is 6.34. The number of anilines is 2. The molecular formula is C22H26N2O6. The number of benzene rings is 2. The first-order valence-electron chi connectivity index (χ1n) is 9.47. The van der Waals surface area contributed by atoms with Crippen LogP contribution in [0.1, 0.15) is 12.0 Å². The maximum absolute atomic E-state index is 12.8. The van der Waals surface area contributed by atoms with E-state index in [0.29, 0.717) is 34.4 Å². The van der Waals surface area contributed by atoms with Crippen LogP contribution >= 0.6 is 0 Å². The summed E-state index contributed by atoms with van der Waals surface area (Å²) in [5.41, 5.74) is 2.16. The highest BCUT2D eigenvalue weighted by Crippen LogP contribution is 2.42. The van der Waals surface area contributed by atoms with Crippen LogP contribution in [0.4, 0.5) is 11.4 Å². The van der Waals surface area contributed by atoms with Crippen LogP contribution in [0.3, 0.4) is 0 Å². The highest BCUT2D eigenvalue weighted by molar-refractivity contribution is 6.04. The standard InChI is InChI=1S/C22H26N2O6/c1-13-6-7-17(27-2)16(8-13)23-22(26)14-9-20(25)24(12-14)15-10-18(28-3)21(30-5)19(11-15)29-4/h6-8,10-11,14H,9,12H2,1-5H3,(H,23,26)/t14-/m1/s1. The lowest BCUT2D eigenvalue weighted by Crippen LogP contribution is -2.28. The van der Waals surface area contributed by atoms with Crippen molar-refractivity contribution in [3.05, 3.63) is 35.9 Å². The highest BCUT2D eigenvalue weighted by atomic mass is 16.5. The molecular weight excluding hydrogens is 388 g/mol. The van der Waals surface area contributed by atoms with Gasteiger partial charge in [-0.1, -0.05) is 6.07 Å². The first-order valence-corrected chi connectivity index (χ1v) is 9.47. The average Bonchev–Trinajstić information content (AvgIpc) is 3.14. The Bertz CT molecular complexity index is 934. The van der Waals surface area contributed by atoms with Crippen LogP contribution in [0, 0.1) is 12.8 Å². The Labute approximate surface area is 175 Å². The molecule has 0 bridgehead atoms. The van der Waals surface area contributed by atoms with Gasteiger partial charge in [0, 0.05) is 25.1 Å². The number of carbonyl (C=O) groups is 2. The van der Waals surface area contributed by atoms with Crippen LogP contribution in [-0.2, 0) is 9.59 Å². The number of nitrogens with zero attached hydrogens (tertiary/aromatic N) is 1.